The molecule has 0 bridgehead atoms. The van der Waals surface area contributed by atoms with Gasteiger partial charge in [-0.3, -0.25) is 4.79 Å². The molecule has 5 heteroatoms. The number of halogens is 1. The molecule has 0 aliphatic carbocycles. The van der Waals surface area contributed by atoms with E-state index in [-0.39, 0.29) is 5.91 Å². The third-order valence-electron chi connectivity index (χ3n) is 3.06. The van der Waals surface area contributed by atoms with Gasteiger partial charge in [0.25, 0.3) is 0 Å². The Morgan fingerprint density at radius 2 is 1.95 bits per heavy atom. The molecule has 0 aliphatic heterocycles. The Morgan fingerprint density at radius 1 is 1.24 bits per heavy atom. The van der Waals surface area contributed by atoms with Gasteiger partial charge in [0.2, 0.25) is 5.91 Å². The number of anilines is 2. The fraction of sp³-hybridized carbons (Fsp3) is 0.188. The molecular weight excluding hydrogens is 332 g/mol. The van der Waals surface area contributed by atoms with E-state index in [1.165, 1.54) is 0 Å². The maximum atomic E-state index is 11.9. The maximum absolute atomic E-state index is 11.9. The van der Waals surface area contributed by atoms with Gasteiger partial charge >= 0.3 is 0 Å². The van der Waals surface area contributed by atoms with E-state index < -0.39 is 0 Å². The fourth-order valence-electron chi connectivity index (χ4n) is 1.91. The molecule has 0 atom stereocenters. The van der Waals surface area contributed by atoms with E-state index in [4.69, 9.17) is 10.5 Å². The average Bonchev–Trinajstić information content (AvgIpc) is 2.47. The number of ether oxygens (including phenoxy) is 1. The maximum Gasteiger partial charge on any atom is 0.224 e. The van der Waals surface area contributed by atoms with Crippen LogP contribution in [0.5, 0.6) is 5.75 Å². The molecule has 0 heterocycles. The summed E-state index contributed by atoms with van der Waals surface area (Å²) in [5, 5.41) is 2.87. The highest BCUT2D eigenvalue weighted by Gasteiger charge is 2.06. The highest BCUT2D eigenvalue weighted by Crippen LogP contribution is 2.27. The lowest BCUT2D eigenvalue weighted by Crippen LogP contribution is -2.12. The van der Waals surface area contributed by atoms with Crippen LogP contribution in [-0.2, 0) is 11.2 Å². The van der Waals surface area contributed by atoms with Gasteiger partial charge in [0.05, 0.1) is 11.6 Å². The van der Waals surface area contributed by atoms with Crippen LogP contribution in [0.4, 0.5) is 11.4 Å². The second-order valence-electron chi connectivity index (χ2n) is 4.64. The molecule has 110 valence electrons. The van der Waals surface area contributed by atoms with Crippen LogP contribution in [0.1, 0.15) is 12.0 Å². The van der Waals surface area contributed by atoms with E-state index >= 15 is 0 Å². The molecule has 2 aromatic rings. The van der Waals surface area contributed by atoms with Crippen molar-refractivity contribution in [2.75, 3.05) is 18.2 Å². The van der Waals surface area contributed by atoms with Crippen molar-refractivity contribution >= 4 is 33.2 Å². The number of aryl methyl sites for hydroxylation is 1. The quantitative estimate of drug-likeness (QED) is 0.811. The van der Waals surface area contributed by atoms with E-state index in [0.717, 1.165) is 27.2 Å². The van der Waals surface area contributed by atoms with E-state index in [2.05, 4.69) is 21.2 Å². The Hall–Kier alpha value is -2.01. The molecule has 0 aliphatic rings. The number of methoxy groups -OCH3 is 1. The number of carbonyl (C=O) groups is 1. The van der Waals surface area contributed by atoms with E-state index in [0.29, 0.717) is 12.8 Å². The van der Waals surface area contributed by atoms with Crippen LogP contribution in [-0.4, -0.2) is 13.0 Å². The van der Waals surface area contributed by atoms with Gasteiger partial charge in [0.15, 0.2) is 0 Å². The van der Waals surface area contributed by atoms with Gasteiger partial charge < -0.3 is 15.8 Å². The largest absolute Gasteiger partial charge is 0.496 e. The van der Waals surface area contributed by atoms with Gasteiger partial charge in [0.1, 0.15) is 5.75 Å². The van der Waals surface area contributed by atoms with Crippen LogP contribution in [0.3, 0.4) is 0 Å². The molecule has 2 aromatic carbocycles. The summed E-state index contributed by atoms with van der Waals surface area (Å²) in [4.78, 5) is 11.9. The number of nitrogens with one attached hydrogen (secondary N) is 1. The van der Waals surface area contributed by atoms with Crippen molar-refractivity contribution in [1.82, 2.24) is 0 Å². The summed E-state index contributed by atoms with van der Waals surface area (Å²) in [5.41, 5.74) is 8.19. The highest BCUT2D eigenvalue weighted by atomic mass is 79.9. The van der Waals surface area contributed by atoms with Crippen molar-refractivity contribution in [3.05, 3.63) is 52.5 Å². The zero-order chi connectivity index (χ0) is 15.2. The normalized spacial score (nSPS) is 10.2. The molecule has 4 nitrogen and oxygen atoms in total. The molecule has 1 amide bonds. The number of nitrogen functional groups attached to an aromatic ring is 1. The average molecular weight is 349 g/mol. The van der Waals surface area contributed by atoms with Gasteiger partial charge in [-0.1, -0.05) is 12.1 Å². The van der Waals surface area contributed by atoms with E-state index in [1.54, 1.807) is 13.2 Å². The Morgan fingerprint density at radius 3 is 2.57 bits per heavy atom. The molecule has 0 radical (unpaired) electrons. The van der Waals surface area contributed by atoms with E-state index in [9.17, 15) is 4.79 Å². The minimum absolute atomic E-state index is 0.0242. The number of hydrogen-bond donors (Lipinski definition) is 2. The predicted molar refractivity (Wildman–Crippen MR) is 88.5 cm³/mol. The van der Waals surface area contributed by atoms with Crippen LogP contribution < -0.4 is 15.8 Å². The zero-order valence-corrected chi connectivity index (χ0v) is 13.3. The first-order valence-electron chi connectivity index (χ1n) is 6.56. The first kappa shape index (κ1) is 15.4. The Bertz CT molecular complexity index is 627. The molecule has 21 heavy (non-hydrogen) atoms. The summed E-state index contributed by atoms with van der Waals surface area (Å²) in [5.74, 6) is 0.707. The summed E-state index contributed by atoms with van der Waals surface area (Å²) in [6.07, 6.45) is 1.11. The van der Waals surface area contributed by atoms with Crippen molar-refractivity contribution in [2.45, 2.75) is 12.8 Å². The smallest absolute Gasteiger partial charge is 0.224 e. The van der Waals surface area contributed by atoms with Crippen LogP contribution in [0.25, 0.3) is 0 Å². The third kappa shape index (κ3) is 4.49. The Kier molecular flexibility index (Phi) is 5.22. The molecule has 2 rings (SSSR count). The van der Waals surface area contributed by atoms with Crippen LogP contribution >= 0.6 is 15.9 Å². The molecule has 0 unspecified atom stereocenters. The molecule has 0 spiro atoms. The van der Waals surface area contributed by atoms with Crippen molar-refractivity contribution in [1.29, 1.82) is 0 Å². The monoisotopic (exact) mass is 348 g/mol. The molecular formula is C16H17BrN2O2. The standard InChI is InChI=1S/C16H17BrN2O2/c1-21-15-8-7-13(10-14(15)17)19-16(20)9-4-11-2-5-12(18)6-3-11/h2-3,5-8,10H,4,9,18H2,1H3,(H,19,20). The SMILES string of the molecule is COc1ccc(NC(=O)CCc2ccc(N)cc2)cc1Br. The first-order chi connectivity index (χ1) is 10.1. The lowest BCUT2D eigenvalue weighted by atomic mass is 10.1. The summed E-state index contributed by atoms with van der Waals surface area (Å²) in [6, 6.07) is 13.0. The number of carbonyl (C=O) groups excluding carboxylic acids is 1. The van der Waals surface area contributed by atoms with Gasteiger partial charge in [-0.2, -0.15) is 0 Å². The van der Waals surface area contributed by atoms with Gasteiger partial charge in [-0.05, 0) is 58.2 Å². The number of nitrogens with two attached hydrogens (primary N) is 1. The lowest BCUT2D eigenvalue weighted by Gasteiger charge is -2.08. The molecule has 0 saturated heterocycles. The molecule has 0 saturated carbocycles. The number of hydrogen-bond acceptors (Lipinski definition) is 3. The minimum atomic E-state index is -0.0242. The summed E-state index contributed by atoms with van der Waals surface area (Å²) >= 11 is 3.39. The molecule has 0 aromatic heterocycles. The van der Waals surface area contributed by atoms with Gasteiger partial charge in [0, 0.05) is 17.8 Å². The second kappa shape index (κ2) is 7.13. The van der Waals surface area contributed by atoms with E-state index in [1.807, 2.05) is 36.4 Å². The van der Waals surface area contributed by atoms with Crippen molar-refractivity contribution < 1.29 is 9.53 Å². The number of amides is 1. The molecule has 3 N–H and O–H groups in total. The Labute approximate surface area is 132 Å². The molecule has 0 fully saturated rings. The Balaban J connectivity index is 1.89. The third-order valence-corrected chi connectivity index (χ3v) is 3.68. The topological polar surface area (TPSA) is 64.3 Å². The lowest BCUT2D eigenvalue weighted by molar-refractivity contribution is -0.116. The van der Waals surface area contributed by atoms with Gasteiger partial charge in [-0.25, -0.2) is 0 Å². The van der Waals surface area contributed by atoms with Crippen molar-refractivity contribution in [2.24, 2.45) is 0 Å². The van der Waals surface area contributed by atoms with Gasteiger partial charge in [-0.15, -0.1) is 0 Å². The summed E-state index contributed by atoms with van der Waals surface area (Å²) < 4.78 is 5.96. The number of benzene rings is 2. The predicted octanol–water partition coefficient (Wildman–Crippen LogP) is 3.61. The summed E-state index contributed by atoms with van der Waals surface area (Å²) in [6.45, 7) is 0. The fourth-order valence-corrected chi connectivity index (χ4v) is 2.45. The zero-order valence-electron chi connectivity index (χ0n) is 11.7. The van der Waals surface area contributed by atoms with Crippen molar-refractivity contribution in [3.8, 4) is 5.75 Å². The minimum Gasteiger partial charge on any atom is -0.496 e. The highest BCUT2D eigenvalue weighted by molar-refractivity contribution is 9.10. The second-order valence-corrected chi connectivity index (χ2v) is 5.49. The van der Waals surface area contributed by atoms with Crippen LogP contribution in [0, 0.1) is 0 Å². The van der Waals surface area contributed by atoms with Crippen molar-refractivity contribution in [3.63, 3.8) is 0 Å². The van der Waals surface area contributed by atoms with Crippen LogP contribution in [0.2, 0.25) is 0 Å². The number of rotatable bonds is 5. The summed E-state index contributed by atoms with van der Waals surface area (Å²) in [7, 11) is 1.60. The first-order valence-corrected chi connectivity index (χ1v) is 7.35. The van der Waals surface area contributed by atoms with Crippen LogP contribution in [0.15, 0.2) is 46.9 Å².